The Morgan fingerprint density at radius 1 is 0.939 bits per heavy atom. The fourth-order valence-corrected chi connectivity index (χ4v) is 4.55. The Morgan fingerprint density at radius 3 is 2.58 bits per heavy atom. The summed E-state index contributed by atoms with van der Waals surface area (Å²) in [5.41, 5.74) is 6.82. The van der Waals surface area contributed by atoms with E-state index in [9.17, 15) is 0 Å². The van der Waals surface area contributed by atoms with Crippen LogP contribution < -0.4 is 4.74 Å². The lowest BCUT2D eigenvalue weighted by molar-refractivity contribution is 0.393. The number of benzene rings is 1. The van der Waals surface area contributed by atoms with Gasteiger partial charge < -0.3 is 14.2 Å². The van der Waals surface area contributed by atoms with Crippen LogP contribution in [-0.2, 0) is 0 Å². The Kier molecular flexibility index (Phi) is 4.16. The van der Waals surface area contributed by atoms with E-state index in [0.717, 1.165) is 66.9 Å². The number of aromatic amines is 1. The van der Waals surface area contributed by atoms with Crippen LogP contribution in [0, 0.1) is 20.8 Å². The number of methoxy groups -OCH3 is 1. The van der Waals surface area contributed by atoms with Crippen molar-refractivity contribution in [3.63, 3.8) is 0 Å². The predicted octanol–water partition coefficient (Wildman–Crippen LogP) is 5.31. The third-order valence-corrected chi connectivity index (χ3v) is 5.96. The van der Waals surface area contributed by atoms with E-state index in [4.69, 9.17) is 19.2 Å². The highest BCUT2D eigenvalue weighted by Gasteiger charge is 2.21. The maximum absolute atomic E-state index is 5.80. The molecule has 0 aliphatic heterocycles. The Morgan fingerprint density at radius 2 is 1.79 bits per heavy atom. The van der Waals surface area contributed by atoms with Crippen LogP contribution in [0.4, 0.5) is 0 Å². The van der Waals surface area contributed by atoms with Crippen molar-refractivity contribution < 1.29 is 9.26 Å². The highest BCUT2D eigenvalue weighted by Crippen LogP contribution is 2.41. The molecule has 162 valence electrons. The second kappa shape index (κ2) is 7.09. The summed E-state index contributed by atoms with van der Waals surface area (Å²) < 4.78 is 11.2. The van der Waals surface area contributed by atoms with Crippen molar-refractivity contribution in [2.45, 2.75) is 20.8 Å². The molecule has 6 aromatic rings. The van der Waals surface area contributed by atoms with Gasteiger partial charge in [-0.15, -0.1) is 0 Å². The molecule has 0 aliphatic carbocycles. The zero-order chi connectivity index (χ0) is 22.7. The van der Waals surface area contributed by atoms with Gasteiger partial charge in [-0.05, 0) is 51.1 Å². The fraction of sp³-hybridized carbons (Fsp3) is 0.160. The average molecular weight is 436 g/mol. The van der Waals surface area contributed by atoms with Crippen LogP contribution in [0.2, 0.25) is 0 Å². The molecule has 0 aliphatic rings. The molecule has 0 atom stereocenters. The third kappa shape index (κ3) is 2.87. The third-order valence-electron chi connectivity index (χ3n) is 5.96. The molecule has 6 rings (SSSR count). The quantitative estimate of drug-likeness (QED) is 0.401. The summed E-state index contributed by atoms with van der Waals surface area (Å²) in [7, 11) is 1.67. The van der Waals surface area contributed by atoms with Gasteiger partial charge in [0.25, 0.3) is 0 Å². The first-order valence-corrected chi connectivity index (χ1v) is 10.6. The zero-order valence-corrected chi connectivity index (χ0v) is 18.6. The molecule has 8 nitrogen and oxygen atoms in total. The van der Waals surface area contributed by atoms with Crippen molar-refractivity contribution in [3.05, 3.63) is 60.0 Å². The molecule has 5 aromatic heterocycles. The summed E-state index contributed by atoms with van der Waals surface area (Å²) in [5.74, 6) is 2.15. The number of hydrogen-bond donors (Lipinski definition) is 1. The van der Waals surface area contributed by atoms with Crippen LogP contribution in [0.1, 0.15) is 17.3 Å². The van der Waals surface area contributed by atoms with Crippen molar-refractivity contribution in [1.29, 1.82) is 0 Å². The molecule has 0 fully saturated rings. The van der Waals surface area contributed by atoms with Gasteiger partial charge in [0, 0.05) is 39.8 Å². The van der Waals surface area contributed by atoms with Gasteiger partial charge in [-0.1, -0.05) is 5.16 Å². The minimum atomic E-state index is 0.677. The molecule has 8 heteroatoms. The lowest BCUT2D eigenvalue weighted by Crippen LogP contribution is -1.95. The monoisotopic (exact) mass is 436 g/mol. The first kappa shape index (κ1) is 19.4. The Labute approximate surface area is 188 Å². The number of hydrogen-bond acceptors (Lipinski definition) is 7. The van der Waals surface area contributed by atoms with Crippen LogP contribution in [-0.4, -0.2) is 37.2 Å². The van der Waals surface area contributed by atoms with E-state index in [1.54, 1.807) is 19.5 Å². The average Bonchev–Trinajstić information content (AvgIpc) is 3.35. The Hall–Kier alpha value is -4.33. The van der Waals surface area contributed by atoms with Gasteiger partial charge in [-0.25, -0.2) is 19.9 Å². The largest absolute Gasteiger partial charge is 0.496 e. The Bertz CT molecular complexity index is 1670. The summed E-state index contributed by atoms with van der Waals surface area (Å²) in [6, 6.07) is 9.98. The molecule has 0 unspecified atom stereocenters. The second-order valence-corrected chi connectivity index (χ2v) is 8.00. The van der Waals surface area contributed by atoms with E-state index in [2.05, 4.69) is 26.2 Å². The van der Waals surface area contributed by atoms with Crippen LogP contribution in [0.5, 0.6) is 5.75 Å². The molecule has 1 aromatic carbocycles. The second-order valence-electron chi connectivity index (χ2n) is 8.00. The molecular weight excluding hydrogens is 416 g/mol. The van der Waals surface area contributed by atoms with Crippen molar-refractivity contribution >= 4 is 33.0 Å². The number of nitrogens with zero attached hydrogens (tertiary/aromatic N) is 5. The normalized spacial score (nSPS) is 11.6. The SMILES string of the molecule is COc1cc2c(cc1-c1c(C)noc1C)[nH]c1nc(C)nc(-c3ccnc4ncccc34)c12. The van der Waals surface area contributed by atoms with Crippen LogP contribution in [0.15, 0.2) is 47.2 Å². The number of rotatable bonds is 3. The summed E-state index contributed by atoms with van der Waals surface area (Å²) in [4.78, 5) is 21.8. The van der Waals surface area contributed by atoms with Gasteiger partial charge in [-0.3, -0.25) is 0 Å². The van der Waals surface area contributed by atoms with E-state index < -0.39 is 0 Å². The van der Waals surface area contributed by atoms with Gasteiger partial charge in [-0.2, -0.15) is 0 Å². The van der Waals surface area contributed by atoms with Crippen LogP contribution in [0.25, 0.3) is 55.4 Å². The number of fused-ring (bicyclic) bond motifs is 4. The lowest BCUT2D eigenvalue weighted by Gasteiger charge is -2.10. The number of aromatic nitrogens is 6. The zero-order valence-electron chi connectivity index (χ0n) is 18.6. The molecule has 1 N–H and O–H groups in total. The van der Waals surface area contributed by atoms with Crippen LogP contribution in [0.3, 0.4) is 0 Å². The molecule has 0 saturated carbocycles. The number of ether oxygens (including phenoxy) is 1. The molecule has 0 bridgehead atoms. The predicted molar refractivity (Wildman–Crippen MR) is 126 cm³/mol. The minimum absolute atomic E-state index is 0.677. The fourth-order valence-electron chi connectivity index (χ4n) is 4.55. The summed E-state index contributed by atoms with van der Waals surface area (Å²) in [6.07, 6.45) is 3.51. The number of pyridine rings is 2. The van der Waals surface area contributed by atoms with Crippen molar-refractivity contribution in [1.82, 2.24) is 30.1 Å². The minimum Gasteiger partial charge on any atom is -0.496 e. The van der Waals surface area contributed by atoms with E-state index in [1.807, 2.05) is 45.0 Å². The highest BCUT2D eigenvalue weighted by atomic mass is 16.5. The lowest BCUT2D eigenvalue weighted by atomic mass is 9.99. The van der Waals surface area contributed by atoms with Gasteiger partial charge in [0.15, 0.2) is 5.65 Å². The maximum atomic E-state index is 5.80. The van der Waals surface area contributed by atoms with E-state index in [0.29, 0.717) is 11.5 Å². The summed E-state index contributed by atoms with van der Waals surface area (Å²) in [6.45, 7) is 5.72. The Balaban J connectivity index is 1.71. The molecule has 0 saturated heterocycles. The van der Waals surface area contributed by atoms with Gasteiger partial charge in [0.05, 0.1) is 29.4 Å². The first-order chi connectivity index (χ1) is 16.0. The van der Waals surface area contributed by atoms with Gasteiger partial charge in [0.2, 0.25) is 0 Å². The topological polar surface area (TPSA) is 103 Å². The summed E-state index contributed by atoms with van der Waals surface area (Å²) >= 11 is 0. The van der Waals surface area contributed by atoms with E-state index >= 15 is 0 Å². The first-order valence-electron chi connectivity index (χ1n) is 10.6. The standard InChI is InChI=1S/C25H20N6O2/c1-12-21(13(2)33-31-12)18-10-19-17(11-20(18)32-4)22-23(28-14(3)29-25(22)30-19)15-7-9-27-24-16(15)6-5-8-26-24/h5-11H,1-4H3,(H,28,29,30). The van der Waals surface area contributed by atoms with Gasteiger partial charge in [0.1, 0.15) is 23.0 Å². The molecule has 0 spiro atoms. The smallest absolute Gasteiger partial charge is 0.159 e. The molecule has 33 heavy (non-hydrogen) atoms. The molecule has 5 heterocycles. The highest BCUT2D eigenvalue weighted by molar-refractivity contribution is 6.15. The summed E-state index contributed by atoms with van der Waals surface area (Å²) in [5, 5.41) is 6.95. The van der Waals surface area contributed by atoms with E-state index in [-0.39, 0.29) is 0 Å². The number of aryl methyl sites for hydroxylation is 3. The van der Waals surface area contributed by atoms with E-state index in [1.165, 1.54) is 0 Å². The van der Waals surface area contributed by atoms with Crippen LogP contribution >= 0.6 is 0 Å². The van der Waals surface area contributed by atoms with Crippen molar-refractivity contribution in [3.8, 4) is 28.1 Å². The number of nitrogens with one attached hydrogen (secondary N) is 1. The van der Waals surface area contributed by atoms with Crippen molar-refractivity contribution in [2.24, 2.45) is 0 Å². The maximum Gasteiger partial charge on any atom is 0.159 e. The molecule has 0 radical (unpaired) electrons. The van der Waals surface area contributed by atoms with Gasteiger partial charge >= 0.3 is 0 Å². The van der Waals surface area contributed by atoms with Crippen molar-refractivity contribution in [2.75, 3.05) is 7.11 Å². The molecule has 0 amide bonds. The molecular formula is C25H20N6O2. The number of H-pyrrole nitrogens is 1.